The molecule has 0 radical (unpaired) electrons. The molecule has 37 heavy (non-hydrogen) atoms. The van der Waals surface area contributed by atoms with Gasteiger partial charge in [-0.2, -0.15) is 0 Å². The Morgan fingerprint density at radius 2 is 1.81 bits per heavy atom. The van der Waals surface area contributed by atoms with Crippen molar-refractivity contribution in [2.24, 2.45) is 7.05 Å². The first kappa shape index (κ1) is 23.6. The van der Waals surface area contributed by atoms with E-state index in [1.165, 1.54) is 22.0 Å². The van der Waals surface area contributed by atoms with E-state index in [0.29, 0.717) is 19.8 Å². The topological polar surface area (TPSA) is 61.2 Å². The molecule has 0 fully saturated rings. The fraction of sp³-hybridized carbons (Fsp3) is 0.323. The van der Waals surface area contributed by atoms with Crippen molar-refractivity contribution in [3.63, 3.8) is 0 Å². The molecule has 6 nitrogen and oxygen atoms in total. The largest absolute Gasteiger partial charge is 0.493 e. The summed E-state index contributed by atoms with van der Waals surface area (Å²) in [7, 11) is 1.77. The Morgan fingerprint density at radius 1 is 1.00 bits per heavy atom. The molecule has 0 bridgehead atoms. The maximum atomic E-state index is 13.2. The van der Waals surface area contributed by atoms with Gasteiger partial charge < -0.3 is 14.0 Å². The van der Waals surface area contributed by atoms with E-state index in [-0.39, 0.29) is 5.56 Å². The van der Waals surface area contributed by atoms with Crippen molar-refractivity contribution in [1.29, 1.82) is 0 Å². The minimum atomic E-state index is -0.0132. The van der Waals surface area contributed by atoms with Crippen LogP contribution >= 0.6 is 0 Å². The number of para-hydroxylation sites is 1. The van der Waals surface area contributed by atoms with Gasteiger partial charge in [0, 0.05) is 42.2 Å². The molecule has 6 rings (SSSR count). The summed E-state index contributed by atoms with van der Waals surface area (Å²) >= 11 is 0. The van der Waals surface area contributed by atoms with E-state index < -0.39 is 0 Å². The van der Waals surface area contributed by atoms with E-state index in [2.05, 4.69) is 77.3 Å². The molecule has 1 N–H and O–H groups in total. The standard InChI is InChI=1S/C31H33N3O3/c1-21-23(15-9-19-37-28-16-7-11-22-10-3-4-12-24(22)28)25-13-8-14-26-29-27(32-33(2)31(29)35)20-36-18-6-5-17-34(21)30(25)26/h3-4,7-8,10-14,16,32H,5-6,9,15,17-20H2,1-2H3. The van der Waals surface area contributed by atoms with Crippen LogP contribution in [0.2, 0.25) is 0 Å². The number of nitrogens with one attached hydrogen (secondary N) is 1. The highest BCUT2D eigenvalue weighted by atomic mass is 16.5. The average Bonchev–Trinajstić information content (AvgIpc) is 3.34. The molecule has 0 saturated heterocycles. The zero-order chi connectivity index (χ0) is 25.4. The van der Waals surface area contributed by atoms with Crippen LogP contribution in [0.1, 0.15) is 36.2 Å². The minimum Gasteiger partial charge on any atom is -0.493 e. The number of hydrogen-bond donors (Lipinski definition) is 1. The predicted octanol–water partition coefficient (Wildman–Crippen LogP) is 6.12. The number of fused-ring (bicyclic) bond motifs is 3. The van der Waals surface area contributed by atoms with Crippen LogP contribution in [0.15, 0.2) is 65.5 Å². The summed E-state index contributed by atoms with van der Waals surface area (Å²) in [6, 6.07) is 20.9. The highest BCUT2D eigenvalue weighted by molar-refractivity contribution is 5.98. The van der Waals surface area contributed by atoms with Crippen LogP contribution in [0, 0.1) is 6.92 Å². The summed E-state index contributed by atoms with van der Waals surface area (Å²) < 4.78 is 16.1. The van der Waals surface area contributed by atoms with Gasteiger partial charge >= 0.3 is 0 Å². The smallest absolute Gasteiger partial charge is 0.274 e. The predicted molar refractivity (Wildman–Crippen MR) is 148 cm³/mol. The van der Waals surface area contributed by atoms with E-state index in [0.717, 1.165) is 65.7 Å². The molecule has 190 valence electrons. The minimum absolute atomic E-state index is 0.0132. The lowest BCUT2D eigenvalue weighted by Crippen LogP contribution is -2.13. The van der Waals surface area contributed by atoms with Crippen molar-refractivity contribution in [3.05, 3.63) is 88.0 Å². The summed E-state index contributed by atoms with van der Waals surface area (Å²) in [6.07, 6.45) is 3.86. The SMILES string of the molecule is Cc1c(CCCOc2cccc3ccccc23)c2cccc3c2n1CCCCOCc1[nH]n(C)c(=O)c1-3. The third-order valence-electron chi connectivity index (χ3n) is 7.61. The second-order valence-electron chi connectivity index (χ2n) is 9.94. The second-order valence-corrected chi connectivity index (χ2v) is 9.94. The highest BCUT2D eigenvalue weighted by Crippen LogP contribution is 2.36. The summed E-state index contributed by atoms with van der Waals surface area (Å²) in [6.45, 7) is 4.89. The molecule has 3 aromatic carbocycles. The van der Waals surface area contributed by atoms with Crippen molar-refractivity contribution in [1.82, 2.24) is 14.3 Å². The number of hydrogen-bond acceptors (Lipinski definition) is 3. The number of rotatable bonds is 5. The van der Waals surface area contributed by atoms with Crippen LogP contribution in [0.4, 0.5) is 0 Å². The van der Waals surface area contributed by atoms with Gasteiger partial charge in [-0.15, -0.1) is 0 Å². The van der Waals surface area contributed by atoms with E-state index in [4.69, 9.17) is 9.47 Å². The third-order valence-corrected chi connectivity index (χ3v) is 7.61. The van der Waals surface area contributed by atoms with Crippen molar-refractivity contribution in [3.8, 4) is 16.9 Å². The Bertz CT molecular complexity index is 1630. The van der Waals surface area contributed by atoms with Gasteiger partial charge in [-0.1, -0.05) is 54.6 Å². The summed E-state index contributed by atoms with van der Waals surface area (Å²) in [4.78, 5) is 13.2. The molecule has 0 unspecified atom stereocenters. The van der Waals surface area contributed by atoms with Gasteiger partial charge in [0.25, 0.3) is 5.56 Å². The van der Waals surface area contributed by atoms with Crippen molar-refractivity contribution >= 4 is 21.7 Å². The normalized spacial score (nSPS) is 14.0. The molecule has 1 aliphatic rings. The van der Waals surface area contributed by atoms with Gasteiger partial charge in [0.2, 0.25) is 0 Å². The van der Waals surface area contributed by atoms with Crippen molar-refractivity contribution < 1.29 is 9.47 Å². The first-order valence-corrected chi connectivity index (χ1v) is 13.2. The fourth-order valence-corrected chi connectivity index (χ4v) is 5.79. The molecule has 6 heteroatoms. The average molecular weight is 496 g/mol. The summed E-state index contributed by atoms with van der Waals surface area (Å²) in [5, 5.41) is 6.80. The lowest BCUT2D eigenvalue weighted by atomic mass is 10.00. The monoisotopic (exact) mass is 495 g/mol. The third kappa shape index (κ3) is 4.25. The van der Waals surface area contributed by atoms with Gasteiger partial charge in [0.05, 0.1) is 30.0 Å². The van der Waals surface area contributed by atoms with E-state index in [1.54, 1.807) is 11.7 Å². The summed E-state index contributed by atoms with van der Waals surface area (Å²) in [5.41, 5.74) is 6.33. The summed E-state index contributed by atoms with van der Waals surface area (Å²) in [5.74, 6) is 0.937. The molecule has 5 aromatic rings. The van der Waals surface area contributed by atoms with Gasteiger partial charge in [-0.05, 0) is 49.6 Å². The zero-order valence-corrected chi connectivity index (χ0v) is 21.5. The fourth-order valence-electron chi connectivity index (χ4n) is 5.79. The Hall–Kier alpha value is -3.77. The quantitative estimate of drug-likeness (QED) is 0.299. The van der Waals surface area contributed by atoms with Crippen LogP contribution in [0.5, 0.6) is 5.75 Å². The molecule has 2 aromatic heterocycles. The van der Waals surface area contributed by atoms with Crippen molar-refractivity contribution in [2.45, 2.75) is 45.8 Å². The molecule has 0 aliphatic carbocycles. The Balaban J connectivity index is 1.34. The van der Waals surface area contributed by atoms with Gasteiger partial charge in [-0.25, -0.2) is 0 Å². The lowest BCUT2D eigenvalue weighted by molar-refractivity contribution is 0.114. The molecule has 0 spiro atoms. The molecule has 3 heterocycles. The second kappa shape index (κ2) is 9.94. The molecule has 0 atom stereocenters. The maximum Gasteiger partial charge on any atom is 0.274 e. The lowest BCUT2D eigenvalue weighted by Gasteiger charge is -2.11. The van der Waals surface area contributed by atoms with E-state index in [1.807, 2.05) is 0 Å². The van der Waals surface area contributed by atoms with Crippen LogP contribution in [-0.4, -0.2) is 27.6 Å². The van der Waals surface area contributed by atoms with Crippen LogP contribution in [-0.2, 0) is 31.4 Å². The highest BCUT2D eigenvalue weighted by Gasteiger charge is 2.23. The van der Waals surface area contributed by atoms with Crippen LogP contribution in [0.3, 0.4) is 0 Å². The number of H-pyrrole nitrogens is 1. The molecule has 0 amide bonds. The molecule has 1 aliphatic heterocycles. The number of aromatic amines is 1. The van der Waals surface area contributed by atoms with Crippen LogP contribution in [0.25, 0.3) is 32.8 Å². The Kier molecular flexibility index (Phi) is 6.35. The van der Waals surface area contributed by atoms with Gasteiger partial charge in [0.1, 0.15) is 5.75 Å². The first-order valence-electron chi connectivity index (χ1n) is 13.2. The number of ether oxygens (including phenoxy) is 2. The molecular formula is C31H33N3O3. The van der Waals surface area contributed by atoms with E-state index >= 15 is 0 Å². The number of nitrogens with zero attached hydrogens (tertiary/aromatic N) is 2. The van der Waals surface area contributed by atoms with Crippen molar-refractivity contribution in [2.75, 3.05) is 13.2 Å². The zero-order valence-electron chi connectivity index (χ0n) is 21.5. The molecular weight excluding hydrogens is 462 g/mol. The van der Waals surface area contributed by atoms with Gasteiger partial charge in [-0.3, -0.25) is 14.6 Å². The van der Waals surface area contributed by atoms with E-state index in [9.17, 15) is 4.79 Å². The first-order chi connectivity index (χ1) is 18.1. The van der Waals surface area contributed by atoms with Gasteiger partial charge in [0.15, 0.2) is 0 Å². The molecule has 0 saturated carbocycles. The number of aromatic nitrogens is 3. The maximum absolute atomic E-state index is 13.2. The Morgan fingerprint density at radius 3 is 2.73 bits per heavy atom. The Labute approximate surface area is 216 Å². The number of benzene rings is 3. The van der Waals surface area contributed by atoms with Crippen LogP contribution < -0.4 is 10.3 Å². The number of aryl methyl sites for hydroxylation is 3.